The summed E-state index contributed by atoms with van der Waals surface area (Å²) in [4.78, 5) is 11.7. The van der Waals surface area contributed by atoms with Crippen molar-refractivity contribution in [2.45, 2.75) is 52.6 Å². The zero-order valence-corrected chi connectivity index (χ0v) is 15.0. The van der Waals surface area contributed by atoms with Gasteiger partial charge in [0.15, 0.2) is 0 Å². The van der Waals surface area contributed by atoms with Gasteiger partial charge in [0.1, 0.15) is 0 Å². The van der Waals surface area contributed by atoms with Crippen LogP contribution >= 0.6 is 0 Å². The minimum absolute atomic E-state index is 0.0848. The van der Waals surface area contributed by atoms with E-state index in [2.05, 4.69) is 30.7 Å². The van der Waals surface area contributed by atoms with E-state index in [1.807, 2.05) is 48.9 Å². The van der Waals surface area contributed by atoms with Crippen molar-refractivity contribution in [2.75, 3.05) is 6.54 Å². The summed E-state index contributed by atoms with van der Waals surface area (Å²) < 4.78 is 1.93. The highest BCUT2D eigenvalue weighted by Crippen LogP contribution is 2.19. The van der Waals surface area contributed by atoms with Crippen molar-refractivity contribution in [3.05, 3.63) is 47.8 Å². The number of hydrogen-bond acceptors (Lipinski definition) is 3. The quantitative estimate of drug-likeness (QED) is 0.732. The summed E-state index contributed by atoms with van der Waals surface area (Å²) in [5.74, 6) is 0.442. The third-order valence-electron chi connectivity index (χ3n) is 3.68. The summed E-state index contributed by atoms with van der Waals surface area (Å²) in [7, 11) is 0. The summed E-state index contributed by atoms with van der Waals surface area (Å²) in [6.45, 7) is 9.62. The first-order valence-corrected chi connectivity index (χ1v) is 8.61. The van der Waals surface area contributed by atoms with Gasteiger partial charge in [-0.25, -0.2) is 4.68 Å². The van der Waals surface area contributed by atoms with Crippen molar-refractivity contribution in [3.8, 4) is 5.69 Å². The van der Waals surface area contributed by atoms with Crippen LogP contribution in [0, 0.1) is 0 Å². The fourth-order valence-corrected chi connectivity index (χ4v) is 2.58. The smallest absolute Gasteiger partial charge is 0.221 e. The van der Waals surface area contributed by atoms with Gasteiger partial charge in [0.25, 0.3) is 0 Å². The average Bonchev–Trinajstić information content (AvgIpc) is 2.96. The number of hydrogen-bond donors (Lipinski definition) is 2. The van der Waals surface area contributed by atoms with Crippen LogP contribution in [0.3, 0.4) is 0 Å². The molecule has 0 bridgehead atoms. The van der Waals surface area contributed by atoms with Crippen LogP contribution in [0.25, 0.3) is 5.69 Å². The summed E-state index contributed by atoms with van der Waals surface area (Å²) in [6.07, 6.45) is 2.56. The number of nitrogens with zero attached hydrogens (tertiary/aromatic N) is 2. The molecule has 0 unspecified atom stereocenters. The number of para-hydroxylation sites is 1. The third-order valence-corrected chi connectivity index (χ3v) is 3.68. The van der Waals surface area contributed by atoms with Crippen LogP contribution in [0.4, 0.5) is 0 Å². The molecule has 1 amide bonds. The number of benzene rings is 1. The Labute approximate surface area is 144 Å². The van der Waals surface area contributed by atoms with Crippen molar-refractivity contribution in [2.24, 2.45) is 0 Å². The second kappa shape index (κ2) is 8.64. The molecule has 0 radical (unpaired) electrons. The Kier molecular flexibility index (Phi) is 6.55. The molecule has 0 fully saturated rings. The fourth-order valence-electron chi connectivity index (χ4n) is 2.58. The van der Waals surface area contributed by atoms with E-state index in [4.69, 9.17) is 5.10 Å². The molecule has 5 heteroatoms. The topological polar surface area (TPSA) is 59.0 Å². The predicted molar refractivity (Wildman–Crippen MR) is 97.3 cm³/mol. The molecular formula is C19H28N4O. The maximum atomic E-state index is 11.7. The van der Waals surface area contributed by atoms with Crippen molar-refractivity contribution in [3.63, 3.8) is 0 Å². The summed E-state index contributed by atoms with van der Waals surface area (Å²) >= 11 is 0. The van der Waals surface area contributed by atoms with E-state index in [1.54, 1.807) is 0 Å². The number of amides is 1. The first-order chi connectivity index (χ1) is 11.5. The highest BCUT2D eigenvalue weighted by molar-refractivity contribution is 5.76. The first kappa shape index (κ1) is 18.2. The van der Waals surface area contributed by atoms with Gasteiger partial charge in [0.05, 0.1) is 11.4 Å². The van der Waals surface area contributed by atoms with E-state index in [1.165, 1.54) is 5.56 Å². The molecule has 2 N–H and O–H groups in total. The normalized spacial score (nSPS) is 11.2. The van der Waals surface area contributed by atoms with Crippen LogP contribution < -0.4 is 10.6 Å². The molecule has 0 spiro atoms. The van der Waals surface area contributed by atoms with Crippen LogP contribution in [0.5, 0.6) is 0 Å². The SMILES string of the molecule is CC(C)NC(=O)CCNCc1cn(-c2ccccc2)nc1C(C)C. The van der Waals surface area contributed by atoms with Crippen LogP contribution in [0.15, 0.2) is 36.5 Å². The molecule has 1 heterocycles. The van der Waals surface area contributed by atoms with Gasteiger partial charge in [-0.15, -0.1) is 0 Å². The third kappa shape index (κ3) is 5.20. The molecule has 0 aliphatic carbocycles. The molecule has 24 heavy (non-hydrogen) atoms. The second-order valence-electron chi connectivity index (χ2n) is 6.62. The van der Waals surface area contributed by atoms with E-state index < -0.39 is 0 Å². The minimum Gasteiger partial charge on any atom is -0.354 e. The average molecular weight is 328 g/mol. The van der Waals surface area contributed by atoms with Crippen molar-refractivity contribution >= 4 is 5.91 Å². The lowest BCUT2D eigenvalue weighted by atomic mass is 10.1. The number of carbonyl (C=O) groups excluding carboxylic acids is 1. The van der Waals surface area contributed by atoms with Crippen molar-refractivity contribution in [1.82, 2.24) is 20.4 Å². The van der Waals surface area contributed by atoms with Gasteiger partial charge in [0, 0.05) is 37.3 Å². The maximum Gasteiger partial charge on any atom is 0.221 e. The molecule has 1 aromatic carbocycles. The van der Waals surface area contributed by atoms with Crippen LogP contribution in [-0.4, -0.2) is 28.3 Å². The first-order valence-electron chi connectivity index (χ1n) is 8.61. The highest BCUT2D eigenvalue weighted by Gasteiger charge is 2.13. The molecule has 2 aromatic rings. The van der Waals surface area contributed by atoms with E-state index in [-0.39, 0.29) is 11.9 Å². The summed E-state index contributed by atoms with van der Waals surface area (Å²) in [5.41, 5.74) is 3.33. The van der Waals surface area contributed by atoms with Gasteiger partial charge < -0.3 is 10.6 Å². The highest BCUT2D eigenvalue weighted by atomic mass is 16.1. The lowest BCUT2D eigenvalue weighted by molar-refractivity contribution is -0.121. The Bertz CT molecular complexity index is 647. The Morgan fingerprint density at radius 3 is 2.50 bits per heavy atom. The molecule has 0 aliphatic heterocycles. The van der Waals surface area contributed by atoms with Gasteiger partial charge >= 0.3 is 0 Å². The van der Waals surface area contributed by atoms with Gasteiger partial charge in [-0.2, -0.15) is 5.10 Å². The van der Waals surface area contributed by atoms with Gasteiger partial charge in [0.2, 0.25) is 5.91 Å². The summed E-state index contributed by atoms with van der Waals surface area (Å²) in [6, 6.07) is 10.3. The molecule has 0 aliphatic rings. The zero-order valence-electron chi connectivity index (χ0n) is 15.0. The standard InChI is InChI=1S/C19H28N4O/c1-14(2)19-16(12-20-11-10-18(24)21-15(3)4)13-23(22-19)17-8-6-5-7-9-17/h5-9,13-15,20H,10-12H2,1-4H3,(H,21,24). The number of rotatable bonds is 8. The Morgan fingerprint density at radius 2 is 1.88 bits per heavy atom. The lowest BCUT2D eigenvalue weighted by Gasteiger charge is -2.09. The Morgan fingerprint density at radius 1 is 1.17 bits per heavy atom. The number of carbonyl (C=O) groups is 1. The minimum atomic E-state index is 0.0848. The van der Waals surface area contributed by atoms with Crippen LogP contribution in [-0.2, 0) is 11.3 Å². The molecule has 130 valence electrons. The number of nitrogens with one attached hydrogen (secondary N) is 2. The molecule has 5 nitrogen and oxygen atoms in total. The van der Waals surface area contributed by atoms with E-state index in [9.17, 15) is 4.79 Å². The van der Waals surface area contributed by atoms with Crippen LogP contribution in [0.1, 0.15) is 51.3 Å². The lowest BCUT2D eigenvalue weighted by Crippen LogP contribution is -2.32. The predicted octanol–water partition coefficient (Wildman–Crippen LogP) is 3.00. The Hall–Kier alpha value is -2.14. The van der Waals surface area contributed by atoms with Crippen molar-refractivity contribution < 1.29 is 4.79 Å². The van der Waals surface area contributed by atoms with Gasteiger partial charge in [-0.1, -0.05) is 32.0 Å². The molecular weight excluding hydrogens is 300 g/mol. The number of aromatic nitrogens is 2. The molecule has 2 rings (SSSR count). The van der Waals surface area contributed by atoms with E-state index in [0.717, 1.165) is 17.9 Å². The van der Waals surface area contributed by atoms with E-state index in [0.29, 0.717) is 18.9 Å². The monoisotopic (exact) mass is 328 g/mol. The summed E-state index contributed by atoms with van der Waals surface area (Å²) in [5, 5.41) is 11.0. The van der Waals surface area contributed by atoms with Gasteiger partial charge in [-0.3, -0.25) is 4.79 Å². The van der Waals surface area contributed by atoms with Crippen LogP contribution in [0.2, 0.25) is 0 Å². The Balaban J connectivity index is 1.97. The van der Waals surface area contributed by atoms with E-state index >= 15 is 0 Å². The maximum absolute atomic E-state index is 11.7. The molecule has 1 aromatic heterocycles. The zero-order chi connectivity index (χ0) is 17.5. The largest absolute Gasteiger partial charge is 0.354 e. The second-order valence-corrected chi connectivity index (χ2v) is 6.62. The molecule has 0 atom stereocenters. The molecule has 0 saturated heterocycles. The van der Waals surface area contributed by atoms with Gasteiger partial charge in [-0.05, 0) is 31.9 Å². The molecule has 0 saturated carbocycles. The fraction of sp³-hybridized carbons (Fsp3) is 0.474. The van der Waals surface area contributed by atoms with Crippen molar-refractivity contribution in [1.29, 1.82) is 0 Å².